The molecule has 0 radical (unpaired) electrons. The average Bonchev–Trinajstić information content (AvgIpc) is 3.61. The third kappa shape index (κ3) is 3.64. The number of H-pyrrole nitrogens is 1. The van der Waals surface area contributed by atoms with Gasteiger partial charge in [0, 0.05) is 35.1 Å². The molecule has 6 rings (SSSR count). The second-order valence-corrected chi connectivity index (χ2v) is 10.0. The first-order chi connectivity index (χ1) is 19.3. The molecule has 0 aliphatic carbocycles. The van der Waals surface area contributed by atoms with Gasteiger partial charge in [-0.15, -0.1) is 0 Å². The van der Waals surface area contributed by atoms with Crippen molar-refractivity contribution >= 4 is 34.4 Å². The summed E-state index contributed by atoms with van der Waals surface area (Å²) in [4.78, 5) is 45.6. The largest absolute Gasteiger partial charge is 0.504 e. The van der Waals surface area contributed by atoms with Crippen LogP contribution in [0.3, 0.4) is 0 Å². The highest BCUT2D eigenvalue weighted by Crippen LogP contribution is 2.53. The van der Waals surface area contributed by atoms with Gasteiger partial charge in [-0.1, -0.05) is 30.3 Å². The Labute approximate surface area is 229 Å². The smallest absolute Gasteiger partial charge is 0.325 e. The number of aromatic hydroxyl groups is 1. The van der Waals surface area contributed by atoms with E-state index in [9.17, 15) is 24.6 Å². The van der Waals surface area contributed by atoms with Gasteiger partial charge in [0.2, 0.25) is 11.8 Å². The Balaban J connectivity index is 1.52. The van der Waals surface area contributed by atoms with Crippen molar-refractivity contribution < 1.29 is 34.1 Å². The monoisotopic (exact) mass is 541 g/mol. The number of para-hydroxylation sites is 2. The Morgan fingerprint density at radius 2 is 1.73 bits per heavy atom. The van der Waals surface area contributed by atoms with Crippen molar-refractivity contribution in [3.05, 3.63) is 84.1 Å². The first-order valence-electron chi connectivity index (χ1n) is 12.7. The molecule has 2 aliphatic heterocycles. The maximum absolute atomic E-state index is 14.1. The molecule has 4 aromatic rings. The molecule has 4 atom stereocenters. The Morgan fingerprint density at radius 1 is 0.975 bits per heavy atom. The van der Waals surface area contributed by atoms with Crippen LogP contribution < -0.4 is 19.7 Å². The number of nitrogens with zero attached hydrogens (tertiary/aromatic N) is 1. The summed E-state index contributed by atoms with van der Waals surface area (Å²) in [6.45, 7) is 0. The highest BCUT2D eigenvalue weighted by Gasteiger charge is 2.69. The number of aromatic nitrogens is 1. The zero-order valence-electron chi connectivity index (χ0n) is 21.8. The van der Waals surface area contributed by atoms with Gasteiger partial charge in [-0.05, 0) is 42.0 Å². The Bertz CT molecular complexity index is 1650. The second kappa shape index (κ2) is 9.42. The van der Waals surface area contributed by atoms with Gasteiger partial charge in [-0.3, -0.25) is 19.7 Å². The standard InChI is InChI=1S/C30H27N3O7/c1-39-18-12-10-17(11-13-18)33-27(35)23-24(28(33)36)30(29(37)38,14-16-15-31-21-8-4-3-6-19(16)21)32-25(23)20-7-5-9-22(40-2)26(20)34/h3-13,15,23-25,31-32,34H,14H2,1-2H3,(H,37,38)/t23-,24-,25-,30+/m0/s1. The number of ether oxygens (including phenoxy) is 2. The molecule has 204 valence electrons. The molecule has 0 bridgehead atoms. The number of nitrogens with one attached hydrogen (secondary N) is 2. The first kappa shape index (κ1) is 25.4. The lowest BCUT2D eigenvalue weighted by atomic mass is 9.76. The molecule has 40 heavy (non-hydrogen) atoms. The average molecular weight is 542 g/mol. The van der Waals surface area contributed by atoms with E-state index in [2.05, 4.69) is 10.3 Å². The number of phenolic OH excluding ortho intramolecular Hbond substituents is 1. The van der Waals surface area contributed by atoms with E-state index >= 15 is 0 Å². The zero-order chi connectivity index (χ0) is 28.2. The highest BCUT2D eigenvalue weighted by molar-refractivity contribution is 6.24. The second-order valence-electron chi connectivity index (χ2n) is 10.0. The SMILES string of the molecule is COc1ccc(N2C(=O)[C@H]3[C@@H](C2=O)[C@](Cc2c[nH]c4ccccc24)(C(=O)O)N[C@H]3c2cccc(OC)c2O)cc1. The molecule has 0 saturated carbocycles. The fourth-order valence-electron chi connectivity index (χ4n) is 6.22. The van der Waals surface area contributed by atoms with E-state index in [0.29, 0.717) is 17.0 Å². The van der Waals surface area contributed by atoms with Crippen molar-refractivity contribution in [2.75, 3.05) is 19.1 Å². The Hall–Kier alpha value is -4.83. The minimum Gasteiger partial charge on any atom is -0.504 e. The summed E-state index contributed by atoms with van der Waals surface area (Å²) in [5.74, 6) is -4.32. The topological polar surface area (TPSA) is 141 Å². The molecule has 10 nitrogen and oxygen atoms in total. The van der Waals surface area contributed by atoms with Crippen molar-refractivity contribution in [1.29, 1.82) is 0 Å². The van der Waals surface area contributed by atoms with E-state index < -0.39 is 41.2 Å². The van der Waals surface area contributed by atoms with Crippen LogP contribution >= 0.6 is 0 Å². The third-order valence-electron chi connectivity index (χ3n) is 8.10. The summed E-state index contributed by atoms with van der Waals surface area (Å²) >= 11 is 0. The summed E-state index contributed by atoms with van der Waals surface area (Å²) in [6, 6.07) is 17.7. The number of carboxylic acid groups (broad SMARTS) is 1. The molecule has 3 aromatic carbocycles. The number of rotatable bonds is 7. The van der Waals surface area contributed by atoms with Crippen molar-refractivity contribution in [2.45, 2.75) is 18.0 Å². The molecular formula is C30H27N3O7. The van der Waals surface area contributed by atoms with Gasteiger partial charge in [-0.2, -0.15) is 0 Å². The van der Waals surface area contributed by atoms with Crippen molar-refractivity contribution in [2.24, 2.45) is 11.8 Å². The lowest BCUT2D eigenvalue weighted by Gasteiger charge is -2.31. The lowest BCUT2D eigenvalue weighted by molar-refractivity contribution is -0.148. The molecule has 0 unspecified atom stereocenters. The number of hydrogen-bond donors (Lipinski definition) is 4. The molecule has 4 N–H and O–H groups in total. The summed E-state index contributed by atoms with van der Waals surface area (Å²) in [6.07, 6.45) is 1.65. The number of phenols is 1. The molecule has 1 aromatic heterocycles. The maximum atomic E-state index is 14.1. The quantitative estimate of drug-likeness (QED) is 0.261. The minimum absolute atomic E-state index is 0.0792. The van der Waals surface area contributed by atoms with Crippen LogP contribution in [0.15, 0.2) is 72.9 Å². The number of imide groups is 1. The zero-order valence-corrected chi connectivity index (χ0v) is 21.8. The number of carbonyl (C=O) groups is 3. The molecule has 0 spiro atoms. The predicted molar refractivity (Wildman–Crippen MR) is 145 cm³/mol. The first-order valence-corrected chi connectivity index (χ1v) is 12.7. The molecular weight excluding hydrogens is 514 g/mol. The number of aromatic amines is 1. The lowest BCUT2D eigenvalue weighted by Crippen LogP contribution is -2.57. The number of anilines is 1. The number of amides is 2. The van der Waals surface area contributed by atoms with E-state index in [1.165, 1.54) is 14.2 Å². The number of benzene rings is 3. The Kier molecular flexibility index (Phi) is 5.99. The summed E-state index contributed by atoms with van der Waals surface area (Å²) in [5, 5.41) is 25.8. The third-order valence-corrected chi connectivity index (χ3v) is 8.10. The van der Waals surface area contributed by atoms with E-state index in [1.807, 2.05) is 24.3 Å². The van der Waals surface area contributed by atoms with Gasteiger partial charge in [0.05, 0.1) is 31.7 Å². The summed E-state index contributed by atoms with van der Waals surface area (Å²) < 4.78 is 10.5. The van der Waals surface area contributed by atoms with Gasteiger partial charge >= 0.3 is 5.97 Å². The predicted octanol–water partition coefficient (Wildman–Crippen LogP) is 3.41. The summed E-state index contributed by atoms with van der Waals surface area (Å²) in [7, 11) is 2.91. The van der Waals surface area contributed by atoms with Crippen LogP contribution in [0.25, 0.3) is 10.9 Å². The van der Waals surface area contributed by atoms with Crippen LogP contribution in [0, 0.1) is 11.8 Å². The minimum atomic E-state index is -1.86. The fraction of sp³-hybridized carbons (Fsp3) is 0.233. The molecule has 2 amide bonds. The van der Waals surface area contributed by atoms with Gasteiger partial charge in [-0.25, -0.2) is 4.90 Å². The number of methoxy groups -OCH3 is 2. The maximum Gasteiger partial charge on any atom is 0.325 e. The highest BCUT2D eigenvalue weighted by atomic mass is 16.5. The van der Waals surface area contributed by atoms with E-state index in [0.717, 1.165) is 15.8 Å². The number of hydrogen-bond acceptors (Lipinski definition) is 7. The van der Waals surface area contributed by atoms with Crippen LogP contribution in [0.5, 0.6) is 17.2 Å². The van der Waals surface area contributed by atoms with Gasteiger partial charge in [0.1, 0.15) is 11.3 Å². The van der Waals surface area contributed by atoms with Crippen LogP contribution in [-0.4, -0.2) is 52.7 Å². The normalized spacial score (nSPS) is 23.9. The van der Waals surface area contributed by atoms with Crippen LogP contribution in [-0.2, 0) is 20.8 Å². The molecule has 2 fully saturated rings. The van der Waals surface area contributed by atoms with Gasteiger partial charge < -0.3 is 24.7 Å². The van der Waals surface area contributed by atoms with Crippen LogP contribution in [0.2, 0.25) is 0 Å². The van der Waals surface area contributed by atoms with Crippen molar-refractivity contribution in [3.8, 4) is 17.2 Å². The van der Waals surface area contributed by atoms with Crippen molar-refractivity contribution in [3.63, 3.8) is 0 Å². The van der Waals surface area contributed by atoms with Crippen LogP contribution in [0.4, 0.5) is 5.69 Å². The van der Waals surface area contributed by atoms with Crippen molar-refractivity contribution in [1.82, 2.24) is 10.3 Å². The van der Waals surface area contributed by atoms with E-state index in [4.69, 9.17) is 9.47 Å². The van der Waals surface area contributed by atoms with E-state index in [-0.39, 0.29) is 23.5 Å². The molecule has 10 heteroatoms. The molecule has 2 aliphatic rings. The van der Waals surface area contributed by atoms with Gasteiger partial charge in [0.25, 0.3) is 0 Å². The van der Waals surface area contributed by atoms with Gasteiger partial charge in [0.15, 0.2) is 11.5 Å². The van der Waals surface area contributed by atoms with E-state index in [1.54, 1.807) is 48.7 Å². The molecule has 3 heterocycles. The number of fused-ring (bicyclic) bond motifs is 2. The number of aliphatic carboxylic acids is 1. The van der Waals surface area contributed by atoms with Crippen LogP contribution in [0.1, 0.15) is 17.2 Å². The molecule has 2 saturated heterocycles. The summed E-state index contributed by atoms with van der Waals surface area (Å²) in [5.41, 5.74) is 0.231. The Morgan fingerprint density at radius 3 is 2.42 bits per heavy atom. The number of carboxylic acids is 1. The fourth-order valence-corrected chi connectivity index (χ4v) is 6.22. The number of carbonyl (C=O) groups excluding carboxylic acids is 2.